The highest BCUT2D eigenvalue weighted by atomic mass is 32.2. The van der Waals surface area contributed by atoms with Crippen molar-refractivity contribution in [2.45, 2.75) is 32.7 Å². The van der Waals surface area contributed by atoms with Crippen LogP contribution in [0.15, 0.2) is 40.8 Å². The molecule has 0 saturated heterocycles. The largest absolute Gasteiger partial charge is 0.465 e. The smallest absolute Gasteiger partial charge is 0.317 e. The second-order valence-electron chi connectivity index (χ2n) is 6.36. The van der Waals surface area contributed by atoms with Gasteiger partial charge < -0.3 is 4.74 Å². The molecule has 27 heavy (non-hydrogen) atoms. The molecule has 1 aromatic carbocycles. The Bertz CT molecular complexity index is 890. The number of carbonyl (C=O) groups is 2. The molecule has 2 rings (SSSR count). The zero-order chi connectivity index (χ0) is 20.4. The van der Waals surface area contributed by atoms with Gasteiger partial charge in [-0.3, -0.25) is 19.7 Å². The molecular formula is C18H21NO7S. The van der Waals surface area contributed by atoms with E-state index in [2.05, 4.69) is 0 Å². The molecule has 1 aliphatic rings. The van der Waals surface area contributed by atoms with Gasteiger partial charge in [0.2, 0.25) is 6.04 Å². The second kappa shape index (κ2) is 7.99. The number of nitro groups is 1. The molecule has 1 aliphatic heterocycles. The van der Waals surface area contributed by atoms with Crippen LogP contribution in [0.25, 0.3) is 0 Å². The van der Waals surface area contributed by atoms with Crippen molar-refractivity contribution in [2.24, 2.45) is 5.92 Å². The number of ether oxygens (including phenoxy) is 1. The van der Waals surface area contributed by atoms with E-state index in [9.17, 15) is 28.1 Å². The van der Waals surface area contributed by atoms with Crippen LogP contribution in [0.5, 0.6) is 0 Å². The fourth-order valence-electron chi connectivity index (χ4n) is 3.41. The highest BCUT2D eigenvalue weighted by molar-refractivity contribution is 7.95. The monoisotopic (exact) mass is 395 g/mol. The molecule has 0 fully saturated rings. The molecule has 0 spiro atoms. The third-order valence-electron chi connectivity index (χ3n) is 4.61. The molecule has 3 atom stereocenters. The van der Waals surface area contributed by atoms with Crippen molar-refractivity contribution in [1.82, 2.24) is 0 Å². The van der Waals surface area contributed by atoms with E-state index in [0.29, 0.717) is 5.56 Å². The number of sulfone groups is 1. The average molecular weight is 395 g/mol. The van der Waals surface area contributed by atoms with Gasteiger partial charge in [-0.15, -0.1) is 0 Å². The Labute approximate surface area is 157 Å². The lowest BCUT2D eigenvalue weighted by molar-refractivity contribution is -0.505. The standard InChI is InChI=1S/C18H21NO7S/c1-4-26-18(21)15(12(3)20)16(13-8-6-5-7-9-13)17-11(2)14(19(22)23)10-27(17,24)25/h5-9,14-16H,4,10H2,1-3H3/t14-,15+,16+/m0/s1. The van der Waals surface area contributed by atoms with Gasteiger partial charge in [0.05, 0.1) is 11.5 Å². The maximum Gasteiger partial charge on any atom is 0.317 e. The lowest BCUT2D eigenvalue weighted by Gasteiger charge is -2.25. The van der Waals surface area contributed by atoms with Crippen LogP contribution in [0.4, 0.5) is 0 Å². The zero-order valence-electron chi connectivity index (χ0n) is 15.2. The van der Waals surface area contributed by atoms with Crippen LogP contribution in [0.1, 0.15) is 32.3 Å². The number of benzene rings is 1. The summed E-state index contributed by atoms with van der Waals surface area (Å²) in [6.07, 6.45) is 0. The molecule has 1 aromatic rings. The number of esters is 1. The second-order valence-corrected chi connectivity index (χ2v) is 8.36. The van der Waals surface area contributed by atoms with Crippen molar-refractivity contribution in [1.29, 1.82) is 0 Å². The molecule has 0 N–H and O–H groups in total. The molecule has 146 valence electrons. The van der Waals surface area contributed by atoms with E-state index in [-0.39, 0.29) is 17.1 Å². The number of nitrogens with zero attached hydrogens (tertiary/aromatic N) is 1. The van der Waals surface area contributed by atoms with Crippen LogP contribution in [-0.2, 0) is 24.2 Å². The summed E-state index contributed by atoms with van der Waals surface area (Å²) >= 11 is 0. The highest BCUT2D eigenvalue weighted by Crippen LogP contribution is 2.43. The number of Topliss-reactive ketones (excluding diaryl/α,β-unsaturated/α-hetero) is 1. The van der Waals surface area contributed by atoms with Gasteiger partial charge in [0.1, 0.15) is 17.5 Å². The molecule has 0 unspecified atom stereocenters. The predicted molar refractivity (Wildman–Crippen MR) is 97.3 cm³/mol. The van der Waals surface area contributed by atoms with E-state index in [1.54, 1.807) is 37.3 Å². The number of allylic oxidation sites excluding steroid dienone is 1. The van der Waals surface area contributed by atoms with Crippen LogP contribution in [0.3, 0.4) is 0 Å². The molecular weight excluding hydrogens is 374 g/mol. The van der Waals surface area contributed by atoms with Gasteiger partial charge in [-0.05, 0) is 26.3 Å². The number of carbonyl (C=O) groups excluding carboxylic acids is 2. The lowest BCUT2D eigenvalue weighted by atomic mass is 9.81. The lowest BCUT2D eigenvalue weighted by Crippen LogP contribution is -2.33. The first-order chi connectivity index (χ1) is 12.6. The Kier molecular flexibility index (Phi) is 6.15. The first-order valence-electron chi connectivity index (χ1n) is 8.40. The first-order valence-corrected chi connectivity index (χ1v) is 10.1. The third-order valence-corrected chi connectivity index (χ3v) is 6.61. The van der Waals surface area contributed by atoms with Crippen LogP contribution in [0.2, 0.25) is 0 Å². The maximum absolute atomic E-state index is 12.8. The Morgan fingerprint density at radius 1 is 1.30 bits per heavy atom. The molecule has 0 saturated carbocycles. The van der Waals surface area contributed by atoms with E-state index in [0.717, 1.165) is 0 Å². The van der Waals surface area contributed by atoms with E-state index in [1.165, 1.54) is 13.8 Å². The number of ketones is 1. The Hall–Kier alpha value is -2.55. The molecule has 0 aromatic heterocycles. The Morgan fingerprint density at radius 2 is 1.89 bits per heavy atom. The summed E-state index contributed by atoms with van der Waals surface area (Å²) in [6, 6.07) is 6.79. The fourth-order valence-corrected chi connectivity index (χ4v) is 5.67. The van der Waals surface area contributed by atoms with Gasteiger partial charge in [-0.25, -0.2) is 8.42 Å². The van der Waals surface area contributed by atoms with Gasteiger partial charge in [0, 0.05) is 16.4 Å². The summed E-state index contributed by atoms with van der Waals surface area (Å²) in [7, 11) is -4.03. The van der Waals surface area contributed by atoms with Crippen molar-refractivity contribution < 1.29 is 27.7 Å². The van der Waals surface area contributed by atoms with Gasteiger partial charge in [-0.1, -0.05) is 30.3 Å². The minimum absolute atomic E-state index is 0.0203. The van der Waals surface area contributed by atoms with E-state index in [1.807, 2.05) is 0 Å². The van der Waals surface area contributed by atoms with Crippen LogP contribution >= 0.6 is 0 Å². The molecule has 9 heteroatoms. The quantitative estimate of drug-likeness (QED) is 0.299. The molecule has 8 nitrogen and oxygen atoms in total. The molecule has 0 bridgehead atoms. The Balaban J connectivity index is 2.75. The van der Waals surface area contributed by atoms with Gasteiger partial charge in [0.25, 0.3) is 0 Å². The van der Waals surface area contributed by atoms with Crippen LogP contribution < -0.4 is 0 Å². The van der Waals surface area contributed by atoms with Crippen LogP contribution in [0, 0.1) is 16.0 Å². The number of hydrogen-bond acceptors (Lipinski definition) is 7. The van der Waals surface area contributed by atoms with E-state index < -0.39 is 50.1 Å². The zero-order valence-corrected chi connectivity index (χ0v) is 16.1. The summed E-state index contributed by atoms with van der Waals surface area (Å²) in [5.74, 6) is -4.67. The van der Waals surface area contributed by atoms with Gasteiger partial charge in [0.15, 0.2) is 9.84 Å². The summed E-state index contributed by atoms with van der Waals surface area (Å²) in [5.41, 5.74) is 0.456. The summed E-state index contributed by atoms with van der Waals surface area (Å²) in [5, 5.41) is 11.3. The van der Waals surface area contributed by atoms with E-state index in [4.69, 9.17) is 4.74 Å². The van der Waals surface area contributed by atoms with Crippen molar-refractivity contribution in [2.75, 3.05) is 12.4 Å². The van der Waals surface area contributed by atoms with Crippen molar-refractivity contribution in [3.8, 4) is 0 Å². The average Bonchev–Trinajstić information content (AvgIpc) is 2.83. The van der Waals surface area contributed by atoms with Gasteiger partial charge in [-0.2, -0.15) is 0 Å². The van der Waals surface area contributed by atoms with Crippen LogP contribution in [-0.4, -0.2) is 43.5 Å². The van der Waals surface area contributed by atoms with Crippen molar-refractivity contribution in [3.63, 3.8) is 0 Å². The maximum atomic E-state index is 12.8. The van der Waals surface area contributed by atoms with Gasteiger partial charge >= 0.3 is 5.97 Å². The number of hydrogen-bond donors (Lipinski definition) is 0. The third kappa shape index (κ3) is 4.08. The molecule has 0 radical (unpaired) electrons. The molecule has 0 amide bonds. The predicted octanol–water partition coefficient (Wildman–Crippen LogP) is 1.89. The highest BCUT2D eigenvalue weighted by Gasteiger charge is 2.50. The summed E-state index contributed by atoms with van der Waals surface area (Å²) in [4.78, 5) is 35.2. The normalized spacial score (nSPS) is 20.8. The minimum atomic E-state index is -4.03. The fraction of sp³-hybridized carbons (Fsp3) is 0.444. The molecule has 0 aliphatic carbocycles. The van der Waals surface area contributed by atoms with E-state index >= 15 is 0 Å². The Morgan fingerprint density at radius 3 is 2.33 bits per heavy atom. The summed E-state index contributed by atoms with van der Waals surface area (Å²) < 4.78 is 30.6. The minimum Gasteiger partial charge on any atom is -0.465 e. The SMILES string of the molecule is CCOC(=O)[C@H](C(C)=O)[C@H](C1=C(C)[C@@H]([N+](=O)[O-])CS1(=O)=O)c1ccccc1. The number of rotatable bonds is 7. The van der Waals surface area contributed by atoms with Crippen molar-refractivity contribution in [3.05, 3.63) is 56.5 Å². The topological polar surface area (TPSA) is 121 Å². The first kappa shape index (κ1) is 20.8. The molecule has 1 heterocycles. The van der Waals surface area contributed by atoms with Crippen molar-refractivity contribution >= 4 is 21.6 Å². The summed E-state index contributed by atoms with van der Waals surface area (Å²) in [6.45, 7) is 4.14.